The molecule has 2 aromatic rings. The Morgan fingerprint density at radius 1 is 1.11 bits per heavy atom. The highest BCUT2D eigenvalue weighted by atomic mass is 16.5. The second-order valence-electron chi connectivity index (χ2n) is 7.85. The Morgan fingerprint density at radius 2 is 1.79 bits per heavy atom. The third kappa shape index (κ3) is 4.67. The monoisotopic (exact) mass is 381 g/mol. The summed E-state index contributed by atoms with van der Waals surface area (Å²) in [6.07, 6.45) is 1.75. The van der Waals surface area contributed by atoms with Crippen LogP contribution in [-0.2, 0) is 4.79 Å². The standard InChI is InChI=1S/C24H31NO3/c1-5-28-23-13-9-7-11-18(23)21(14-16(2)3)25-24(26)20-15-19(20)17-10-6-8-12-22(17)27-4/h6-13,16,19-21H,5,14-15H2,1-4H3,(H,25,26)/t19-,20-,21+/m1/s1. The number of methoxy groups -OCH3 is 1. The molecule has 1 aliphatic carbocycles. The van der Waals surface area contributed by atoms with Gasteiger partial charge in [-0.1, -0.05) is 50.2 Å². The van der Waals surface area contributed by atoms with Gasteiger partial charge in [0.15, 0.2) is 0 Å². The average molecular weight is 382 g/mol. The van der Waals surface area contributed by atoms with Gasteiger partial charge in [-0.15, -0.1) is 0 Å². The Hall–Kier alpha value is -2.49. The summed E-state index contributed by atoms with van der Waals surface area (Å²) in [5.41, 5.74) is 2.18. The molecule has 3 atom stereocenters. The van der Waals surface area contributed by atoms with Crippen LogP contribution >= 0.6 is 0 Å². The van der Waals surface area contributed by atoms with E-state index in [0.29, 0.717) is 12.5 Å². The van der Waals surface area contributed by atoms with Gasteiger partial charge >= 0.3 is 0 Å². The fourth-order valence-electron chi connectivity index (χ4n) is 3.87. The van der Waals surface area contributed by atoms with Gasteiger partial charge in [-0.3, -0.25) is 4.79 Å². The smallest absolute Gasteiger partial charge is 0.224 e. The molecule has 1 N–H and O–H groups in total. The Bertz CT molecular complexity index is 802. The van der Waals surface area contributed by atoms with E-state index in [1.54, 1.807) is 7.11 Å². The minimum absolute atomic E-state index is 0.00483. The molecule has 0 heterocycles. The summed E-state index contributed by atoms with van der Waals surface area (Å²) >= 11 is 0. The first-order valence-corrected chi connectivity index (χ1v) is 10.2. The number of amides is 1. The van der Waals surface area contributed by atoms with Gasteiger partial charge in [-0.05, 0) is 49.3 Å². The fraction of sp³-hybridized carbons (Fsp3) is 0.458. The van der Waals surface area contributed by atoms with Crippen molar-refractivity contribution in [1.29, 1.82) is 0 Å². The van der Waals surface area contributed by atoms with Crippen LogP contribution in [0.25, 0.3) is 0 Å². The molecule has 28 heavy (non-hydrogen) atoms. The summed E-state index contributed by atoms with van der Waals surface area (Å²) in [4.78, 5) is 13.0. The Kier molecular flexibility index (Phi) is 6.61. The molecule has 4 heteroatoms. The lowest BCUT2D eigenvalue weighted by Crippen LogP contribution is -2.31. The predicted octanol–water partition coefficient (Wildman–Crippen LogP) is 5.10. The van der Waals surface area contributed by atoms with Crippen LogP contribution in [0.4, 0.5) is 0 Å². The van der Waals surface area contributed by atoms with Gasteiger partial charge in [0, 0.05) is 11.5 Å². The van der Waals surface area contributed by atoms with E-state index in [9.17, 15) is 4.79 Å². The van der Waals surface area contributed by atoms with E-state index < -0.39 is 0 Å². The Labute approximate surface area is 168 Å². The molecule has 4 nitrogen and oxygen atoms in total. The molecule has 1 amide bonds. The number of benzene rings is 2. The number of ether oxygens (including phenoxy) is 2. The van der Waals surface area contributed by atoms with Crippen LogP contribution in [0.1, 0.15) is 56.7 Å². The maximum Gasteiger partial charge on any atom is 0.224 e. The second kappa shape index (κ2) is 9.13. The van der Waals surface area contributed by atoms with Crippen LogP contribution in [0.3, 0.4) is 0 Å². The summed E-state index contributed by atoms with van der Waals surface area (Å²) in [6, 6.07) is 16.0. The third-order valence-electron chi connectivity index (χ3n) is 5.28. The van der Waals surface area contributed by atoms with E-state index in [1.807, 2.05) is 43.3 Å². The molecule has 1 saturated carbocycles. The number of hydrogen-bond donors (Lipinski definition) is 1. The number of para-hydroxylation sites is 2. The average Bonchev–Trinajstić information content (AvgIpc) is 3.48. The molecule has 0 aromatic heterocycles. The van der Waals surface area contributed by atoms with Gasteiger partial charge in [0.1, 0.15) is 11.5 Å². The van der Waals surface area contributed by atoms with Gasteiger partial charge in [-0.2, -0.15) is 0 Å². The van der Waals surface area contributed by atoms with Crippen molar-refractivity contribution in [3.63, 3.8) is 0 Å². The highest BCUT2D eigenvalue weighted by molar-refractivity contribution is 5.83. The zero-order valence-corrected chi connectivity index (χ0v) is 17.3. The number of nitrogens with one attached hydrogen (secondary N) is 1. The molecule has 3 rings (SSSR count). The van der Waals surface area contributed by atoms with Gasteiger partial charge in [0.05, 0.1) is 19.8 Å². The van der Waals surface area contributed by atoms with Crippen molar-refractivity contribution in [3.8, 4) is 11.5 Å². The fourth-order valence-corrected chi connectivity index (χ4v) is 3.87. The Balaban J connectivity index is 1.75. The summed E-state index contributed by atoms with van der Waals surface area (Å²) in [5, 5.41) is 3.30. The molecule has 1 aliphatic rings. The first-order chi connectivity index (χ1) is 13.5. The van der Waals surface area contributed by atoms with Gasteiger partial charge in [0.25, 0.3) is 0 Å². The van der Waals surface area contributed by atoms with Gasteiger partial charge in [0.2, 0.25) is 5.91 Å². The highest BCUT2D eigenvalue weighted by Gasteiger charge is 2.45. The SMILES string of the molecule is CCOc1ccccc1[C@H](CC(C)C)NC(=O)[C@@H]1C[C@@H]1c1ccccc1OC. The molecule has 0 aliphatic heterocycles. The molecular weight excluding hydrogens is 350 g/mol. The zero-order chi connectivity index (χ0) is 20.1. The minimum atomic E-state index is -0.0471. The molecule has 2 aromatic carbocycles. The summed E-state index contributed by atoms with van der Waals surface area (Å²) in [6.45, 7) is 6.95. The van der Waals surface area contributed by atoms with E-state index in [4.69, 9.17) is 9.47 Å². The molecule has 0 bridgehead atoms. The van der Waals surface area contributed by atoms with E-state index >= 15 is 0 Å². The van der Waals surface area contributed by atoms with Crippen molar-refractivity contribution < 1.29 is 14.3 Å². The van der Waals surface area contributed by atoms with Crippen molar-refractivity contribution in [3.05, 3.63) is 59.7 Å². The molecule has 0 spiro atoms. The van der Waals surface area contributed by atoms with Crippen LogP contribution in [0, 0.1) is 11.8 Å². The summed E-state index contributed by atoms with van der Waals surface area (Å²) in [5.74, 6) is 2.54. The first-order valence-electron chi connectivity index (χ1n) is 10.2. The van der Waals surface area contributed by atoms with Crippen LogP contribution in [0.5, 0.6) is 11.5 Å². The largest absolute Gasteiger partial charge is 0.496 e. The third-order valence-corrected chi connectivity index (χ3v) is 5.28. The molecular formula is C24H31NO3. The quantitative estimate of drug-likeness (QED) is 0.657. The lowest BCUT2D eigenvalue weighted by molar-refractivity contribution is -0.123. The molecule has 150 valence electrons. The van der Waals surface area contributed by atoms with E-state index in [-0.39, 0.29) is 23.8 Å². The topological polar surface area (TPSA) is 47.6 Å². The van der Waals surface area contributed by atoms with Crippen LogP contribution in [0.2, 0.25) is 0 Å². The maximum atomic E-state index is 13.0. The lowest BCUT2D eigenvalue weighted by Gasteiger charge is -2.23. The summed E-state index contributed by atoms with van der Waals surface area (Å²) < 4.78 is 11.3. The van der Waals surface area contributed by atoms with Crippen molar-refractivity contribution in [2.75, 3.05) is 13.7 Å². The molecule has 1 fully saturated rings. The first kappa shape index (κ1) is 20.2. The van der Waals surface area contributed by atoms with Gasteiger partial charge < -0.3 is 14.8 Å². The highest BCUT2D eigenvalue weighted by Crippen LogP contribution is 2.50. The number of hydrogen-bond acceptors (Lipinski definition) is 3. The van der Waals surface area contributed by atoms with Crippen LogP contribution in [-0.4, -0.2) is 19.6 Å². The normalized spacial score (nSPS) is 19.2. The van der Waals surface area contributed by atoms with Crippen LogP contribution < -0.4 is 14.8 Å². The molecule has 0 radical (unpaired) electrons. The van der Waals surface area contributed by atoms with Crippen molar-refractivity contribution in [2.24, 2.45) is 11.8 Å². The van der Waals surface area contributed by atoms with Gasteiger partial charge in [-0.25, -0.2) is 0 Å². The second-order valence-corrected chi connectivity index (χ2v) is 7.85. The maximum absolute atomic E-state index is 13.0. The Morgan fingerprint density at radius 3 is 2.46 bits per heavy atom. The summed E-state index contributed by atoms with van der Waals surface area (Å²) in [7, 11) is 1.68. The lowest BCUT2D eigenvalue weighted by atomic mass is 9.95. The number of carbonyl (C=O) groups is 1. The number of rotatable bonds is 9. The minimum Gasteiger partial charge on any atom is -0.496 e. The van der Waals surface area contributed by atoms with Crippen LogP contribution in [0.15, 0.2) is 48.5 Å². The van der Waals surface area contributed by atoms with Crippen molar-refractivity contribution >= 4 is 5.91 Å². The van der Waals surface area contributed by atoms with E-state index in [0.717, 1.165) is 35.5 Å². The van der Waals surface area contributed by atoms with E-state index in [1.165, 1.54) is 0 Å². The number of carbonyl (C=O) groups excluding carboxylic acids is 1. The van der Waals surface area contributed by atoms with Crippen molar-refractivity contribution in [2.45, 2.75) is 45.6 Å². The van der Waals surface area contributed by atoms with E-state index in [2.05, 4.69) is 31.3 Å². The van der Waals surface area contributed by atoms with Crippen molar-refractivity contribution in [1.82, 2.24) is 5.32 Å². The molecule has 0 saturated heterocycles. The zero-order valence-electron chi connectivity index (χ0n) is 17.3. The molecule has 0 unspecified atom stereocenters. The predicted molar refractivity (Wildman–Crippen MR) is 112 cm³/mol.